The summed E-state index contributed by atoms with van der Waals surface area (Å²) < 4.78 is 19.6. The van der Waals surface area contributed by atoms with Crippen LogP contribution in [-0.2, 0) is 27.5 Å². The summed E-state index contributed by atoms with van der Waals surface area (Å²) in [5, 5.41) is 4.91. The van der Waals surface area contributed by atoms with E-state index in [1.807, 2.05) is 6.07 Å². The van der Waals surface area contributed by atoms with Crippen LogP contribution in [0.3, 0.4) is 0 Å². The van der Waals surface area contributed by atoms with Crippen molar-refractivity contribution in [2.24, 2.45) is 5.92 Å². The molecule has 1 unspecified atom stereocenters. The Hall–Kier alpha value is -4.34. The van der Waals surface area contributed by atoms with Gasteiger partial charge in [-0.05, 0) is 35.7 Å². The lowest BCUT2D eigenvalue weighted by atomic mass is 10.1. The first-order chi connectivity index (χ1) is 16.8. The molecule has 1 atom stereocenters. The van der Waals surface area contributed by atoms with Gasteiger partial charge in [-0.1, -0.05) is 44.2 Å². The van der Waals surface area contributed by atoms with Crippen LogP contribution < -0.4 is 16.2 Å². The molecule has 10 heteroatoms. The number of benzene rings is 2. The van der Waals surface area contributed by atoms with E-state index in [4.69, 9.17) is 4.74 Å². The lowest BCUT2D eigenvalue weighted by molar-refractivity contribution is -0.125. The van der Waals surface area contributed by atoms with Crippen molar-refractivity contribution in [1.29, 1.82) is 0 Å². The molecule has 0 radical (unpaired) electrons. The summed E-state index contributed by atoms with van der Waals surface area (Å²) in [6.07, 6.45) is 0.881. The van der Waals surface area contributed by atoms with Gasteiger partial charge in [0.15, 0.2) is 0 Å². The smallest absolute Gasteiger partial charge is 0.412 e. The SMILES string of the molecule is CC(C)C(C=O)NC(=O)Cn1c(-c2ccc(F)cc2)ncc(NC(=O)OCc2ccccc2)c1=O. The molecule has 9 nitrogen and oxygen atoms in total. The van der Waals surface area contributed by atoms with Gasteiger partial charge in [-0.25, -0.2) is 14.2 Å². The number of carbonyl (C=O) groups excluding carboxylic acids is 3. The van der Waals surface area contributed by atoms with Gasteiger partial charge in [0.2, 0.25) is 5.91 Å². The molecule has 0 saturated carbocycles. The highest BCUT2D eigenvalue weighted by molar-refractivity contribution is 5.84. The molecule has 0 saturated heterocycles. The van der Waals surface area contributed by atoms with E-state index < -0.39 is 36.0 Å². The molecule has 0 spiro atoms. The number of ether oxygens (including phenoxy) is 1. The van der Waals surface area contributed by atoms with Crippen LogP contribution in [-0.4, -0.2) is 33.9 Å². The van der Waals surface area contributed by atoms with Gasteiger partial charge >= 0.3 is 6.09 Å². The topological polar surface area (TPSA) is 119 Å². The molecule has 3 rings (SSSR count). The van der Waals surface area contributed by atoms with Crippen LogP contribution >= 0.6 is 0 Å². The van der Waals surface area contributed by atoms with E-state index in [2.05, 4.69) is 15.6 Å². The minimum absolute atomic E-state index is 0.00729. The monoisotopic (exact) mass is 480 g/mol. The fourth-order valence-electron chi connectivity index (χ4n) is 3.16. The normalized spacial score (nSPS) is 11.5. The van der Waals surface area contributed by atoms with E-state index in [1.165, 1.54) is 24.3 Å². The minimum Gasteiger partial charge on any atom is -0.444 e. The number of rotatable bonds is 9. The number of amides is 2. The van der Waals surface area contributed by atoms with Gasteiger partial charge in [0.1, 0.15) is 36.8 Å². The number of hydrogen-bond donors (Lipinski definition) is 2. The predicted octanol–water partition coefficient (Wildman–Crippen LogP) is 3.14. The van der Waals surface area contributed by atoms with Crippen molar-refractivity contribution in [3.8, 4) is 11.4 Å². The quantitative estimate of drug-likeness (QED) is 0.454. The third-order valence-corrected chi connectivity index (χ3v) is 5.09. The molecular weight excluding hydrogens is 455 g/mol. The third-order valence-electron chi connectivity index (χ3n) is 5.09. The molecule has 1 aromatic heterocycles. The first-order valence-corrected chi connectivity index (χ1v) is 10.9. The van der Waals surface area contributed by atoms with E-state index in [0.717, 1.165) is 16.3 Å². The number of nitrogens with one attached hydrogen (secondary N) is 2. The molecule has 3 aromatic rings. The molecule has 0 aliphatic carbocycles. The van der Waals surface area contributed by atoms with Crippen LogP contribution in [0.15, 0.2) is 65.6 Å². The summed E-state index contributed by atoms with van der Waals surface area (Å²) in [5.41, 5.74) is 0.206. The van der Waals surface area contributed by atoms with Crippen LogP contribution in [0.1, 0.15) is 19.4 Å². The van der Waals surface area contributed by atoms with Crippen LogP contribution in [0.25, 0.3) is 11.4 Å². The second-order valence-electron chi connectivity index (χ2n) is 8.05. The van der Waals surface area contributed by atoms with Crippen LogP contribution in [0.2, 0.25) is 0 Å². The fraction of sp³-hybridized carbons (Fsp3) is 0.240. The Morgan fingerprint density at radius 1 is 1.11 bits per heavy atom. The van der Waals surface area contributed by atoms with Gasteiger partial charge in [0.25, 0.3) is 5.56 Å². The Labute approximate surface area is 201 Å². The maximum atomic E-state index is 13.4. The molecule has 0 aliphatic rings. The van der Waals surface area contributed by atoms with Crippen molar-refractivity contribution in [3.05, 3.63) is 82.5 Å². The van der Waals surface area contributed by atoms with Gasteiger partial charge in [-0.15, -0.1) is 0 Å². The average molecular weight is 480 g/mol. The zero-order valence-electron chi connectivity index (χ0n) is 19.2. The van der Waals surface area contributed by atoms with Crippen LogP contribution in [0.5, 0.6) is 0 Å². The second kappa shape index (κ2) is 11.7. The molecule has 182 valence electrons. The average Bonchev–Trinajstić information content (AvgIpc) is 2.85. The number of hydrogen-bond acceptors (Lipinski definition) is 6. The van der Waals surface area contributed by atoms with Crippen LogP contribution in [0, 0.1) is 11.7 Å². The molecule has 2 N–H and O–H groups in total. The maximum Gasteiger partial charge on any atom is 0.412 e. The molecule has 2 amide bonds. The number of nitrogens with zero attached hydrogens (tertiary/aromatic N) is 2. The molecule has 2 aromatic carbocycles. The van der Waals surface area contributed by atoms with Crippen molar-refractivity contribution in [1.82, 2.24) is 14.9 Å². The van der Waals surface area contributed by atoms with E-state index in [1.54, 1.807) is 38.1 Å². The van der Waals surface area contributed by atoms with Gasteiger partial charge in [0, 0.05) is 5.56 Å². The zero-order chi connectivity index (χ0) is 25.4. The Kier molecular flexibility index (Phi) is 8.44. The van der Waals surface area contributed by atoms with Crippen molar-refractivity contribution in [2.75, 3.05) is 5.32 Å². The van der Waals surface area contributed by atoms with E-state index in [9.17, 15) is 23.6 Å². The summed E-state index contributed by atoms with van der Waals surface area (Å²) in [5.74, 6) is -1.16. The Morgan fingerprint density at radius 3 is 2.43 bits per heavy atom. The Morgan fingerprint density at radius 2 is 1.80 bits per heavy atom. The molecular formula is C25H25FN4O5. The lowest BCUT2D eigenvalue weighted by Gasteiger charge is -2.18. The van der Waals surface area contributed by atoms with Crippen molar-refractivity contribution < 1.29 is 23.5 Å². The number of aromatic nitrogens is 2. The summed E-state index contributed by atoms with van der Waals surface area (Å²) in [4.78, 5) is 53.6. The highest BCUT2D eigenvalue weighted by atomic mass is 19.1. The maximum absolute atomic E-state index is 13.4. The Bertz CT molecular complexity index is 1240. The van der Waals surface area contributed by atoms with E-state index in [0.29, 0.717) is 11.8 Å². The van der Waals surface area contributed by atoms with Crippen molar-refractivity contribution in [3.63, 3.8) is 0 Å². The van der Waals surface area contributed by atoms with Gasteiger partial charge < -0.3 is 14.8 Å². The largest absolute Gasteiger partial charge is 0.444 e. The highest BCUT2D eigenvalue weighted by Gasteiger charge is 2.20. The van der Waals surface area contributed by atoms with Gasteiger partial charge in [-0.2, -0.15) is 0 Å². The Balaban J connectivity index is 1.87. The number of carbonyl (C=O) groups is 3. The van der Waals surface area contributed by atoms with E-state index >= 15 is 0 Å². The lowest BCUT2D eigenvalue weighted by Crippen LogP contribution is -2.43. The summed E-state index contributed by atoms with van der Waals surface area (Å²) >= 11 is 0. The zero-order valence-corrected chi connectivity index (χ0v) is 19.2. The number of anilines is 1. The number of aldehydes is 1. The summed E-state index contributed by atoms with van der Waals surface area (Å²) in [6.45, 7) is 3.04. The molecule has 0 aliphatic heterocycles. The summed E-state index contributed by atoms with van der Waals surface area (Å²) in [7, 11) is 0. The standard InChI is InChI=1S/C25H25FN4O5/c1-16(2)21(14-31)28-22(32)13-30-23(18-8-10-19(26)11-9-18)27-12-20(24(30)33)29-25(34)35-15-17-6-4-3-5-7-17/h3-12,14,16,21H,13,15H2,1-2H3,(H,28,32)(H,29,34). The van der Waals surface area contributed by atoms with Crippen molar-refractivity contribution in [2.45, 2.75) is 33.0 Å². The number of halogens is 1. The predicted molar refractivity (Wildman–Crippen MR) is 127 cm³/mol. The van der Waals surface area contributed by atoms with Gasteiger partial charge in [0.05, 0.1) is 12.2 Å². The second-order valence-corrected chi connectivity index (χ2v) is 8.05. The molecule has 0 fully saturated rings. The van der Waals surface area contributed by atoms with Gasteiger partial charge in [-0.3, -0.25) is 19.5 Å². The minimum atomic E-state index is -0.876. The third kappa shape index (κ3) is 6.83. The van der Waals surface area contributed by atoms with E-state index in [-0.39, 0.29) is 24.0 Å². The summed E-state index contributed by atoms with van der Waals surface area (Å²) in [6, 6.07) is 13.5. The first-order valence-electron chi connectivity index (χ1n) is 10.9. The molecule has 35 heavy (non-hydrogen) atoms. The molecule has 0 bridgehead atoms. The first kappa shape index (κ1) is 25.3. The highest BCUT2D eigenvalue weighted by Crippen LogP contribution is 2.17. The fourth-order valence-corrected chi connectivity index (χ4v) is 3.16. The van der Waals surface area contributed by atoms with Crippen LogP contribution in [0.4, 0.5) is 14.9 Å². The van der Waals surface area contributed by atoms with Crippen molar-refractivity contribution >= 4 is 24.0 Å². The molecule has 1 heterocycles.